The van der Waals surface area contributed by atoms with Gasteiger partial charge in [0, 0.05) is 6.42 Å². The van der Waals surface area contributed by atoms with Crippen molar-refractivity contribution in [2.24, 2.45) is 5.92 Å². The van der Waals surface area contributed by atoms with Crippen molar-refractivity contribution in [3.05, 3.63) is 54.1 Å². The molecule has 29 heavy (non-hydrogen) atoms. The smallest absolute Gasteiger partial charge is 0.310 e. The molecule has 2 rings (SSSR count). The monoisotopic (exact) mass is 399 g/mol. The Morgan fingerprint density at radius 3 is 2.24 bits per heavy atom. The number of aliphatic carboxylic acids is 1. The van der Waals surface area contributed by atoms with E-state index in [4.69, 9.17) is 0 Å². The van der Waals surface area contributed by atoms with E-state index in [1.165, 1.54) is 62.8 Å². The molecule has 0 saturated carbocycles. The molecule has 1 heterocycles. The molecule has 1 atom stereocenters. The van der Waals surface area contributed by atoms with Crippen molar-refractivity contribution in [3.8, 4) is 0 Å². The summed E-state index contributed by atoms with van der Waals surface area (Å²) in [5, 5.41) is 9.31. The van der Waals surface area contributed by atoms with E-state index in [2.05, 4.69) is 46.5 Å². The van der Waals surface area contributed by atoms with Crippen LogP contribution in [0.25, 0.3) is 0 Å². The van der Waals surface area contributed by atoms with E-state index < -0.39 is 5.97 Å². The SMILES string of the molecule is CCCCCCCCCCCc1n(CC(C)C(=O)O)cc[n+]1Cc1ccccc1. The first-order valence-corrected chi connectivity index (χ1v) is 11.5. The second-order valence-corrected chi connectivity index (χ2v) is 8.30. The molecule has 0 amide bonds. The van der Waals surface area contributed by atoms with Crippen LogP contribution in [0.4, 0.5) is 0 Å². The molecule has 1 aromatic carbocycles. The normalized spacial score (nSPS) is 12.2. The summed E-state index contributed by atoms with van der Waals surface area (Å²) in [5.74, 6) is 0.127. The highest BCUT2D eigenvalue weighted by Gasteiger charge is 2.21. The first-order chi connectivity index (χ1) is 14.1. The zero-order valence-electron chi connectivity index (χ0n) is 18.4. The van der Waals surface area contributed by atoms with Crippen LogP contribution >= 0.6 is 0 Å². The van der Waals surface area contributed by atoms with Gasteiger partial charge < -0.3 is 5.11 Å². The Hall–Kier alpha value is -2.10. The Balaban J connectivity index is 1.90. The molecule has 0 aliphatic heterocycles. The van der Waals surface area contributed by atoms with Crippen LogP contribution in [0, 0.1) is 5.92 Å². The third-order valence-electron chi connectivity index (χ3n) is 5.68. The van der Waals surface area contributed by atoms with Crippen LogP contribution in [0.1, 0.15) is 83.0 Å². The first-order valence-electron chi connectivity index (χ1n) is 11.5. The standard InChI is InChI=1S/C25H38N2O2/c1-3-4-5-6-7-8-9-10-14-17-24-26(20-22(2)25(28)29)18-19-27(24)21-23-15-12-11-13-16-23/h11-13,15-16,18-19,22H,3-10,14,17,20-21H2,1-2H3/p+1. The molecule has 1 unspecified atom stereocenters. The van der Waals surface area contributed by atoms with Crippen molar-refractivity contribution in [3.63, 3.8) is 0 Å². The van der Waals surface area contributed by atoms with Gasteiger partial charge in [-0.25, -0.2) is 9.13 Å². The van der Waals surface area contributed by atoms with Crippen molar-refractivity contribution >= 4 is 5.97 Å². The summed E-state index contributed by atoms with van der Waals surface area (Å²) >= 11 is 0. The summed E-state index contributed by atoms with van der Waals surface area (Å²) in [6, 6.07) is 10.5. The van der Waals surface area contributed by atoms with E-state index in [9.17, 15) is 9.90 Å². The van der Waals surface area contributed by atoms with Crippen LogP contribution < -0.4 is 4.57 Å². The lowest BCUT2D eigenvalue weighted by molar-refractivity contribution is -0.695. The predicted molar refractivity (Wildman–Crippen MR) is 118 cm³/mol. The number of unbranched alkanes of at least 4 members (excludes halogenated alkanes) is 8. The van der Waals surface area contributed by atoms with Crippen LogP contribution in [0.5, 0.6) is 0 Å². The van der Waals surface area contributed by atoms with Gasteiger partial charge in [0.25, 0.3) is 5.82 Å². The summed E-state index contributed by atoms with van der Waals surface area (Å²) in [4.78, 5) is 11.3. The van der Waals surface area contributed by atoms with Gasteiger partial charge >= 0.3 is 5.97 Å². The molecule has 2 aromatic rings. The Morgan fingerprint density at radius 1 is 1.00 bits per heavy atom. The lowest BCUT2D eigenvalue weighted by Crippen LogP contribution is -2.38. The van der Waals surface area contributed by atoms with Crippen LogP contribution in [0.3, 0.4) is 0 Å². The fraction of sp³-hybridized carbons (Fsp3) is 0.600. The van der Waals surface area contributed by atoms with E-state index in [0.29, 0.717) is 6.54 Å². The van der Waals surface area contributed by atoms with Gasteiger partial charge in [0.1, 0.15) is 25.5 Å². The molecule has 4 nitrogen and oxygen atoms in total. The molecular weight excluding hydrogens is 360 g/mol. The molecule has 1 N–H and O–H groups in total. The number of hydrogen-bond donors (Lipinski definition) is 1. The maximum atomic E-state index is 11.3. The van der Waals surface area contributed by atoms with Gasteiger partial charge in [-0.3, -0.25) is 4.79 Å². The minimum absolute atomic E-state index is 0.380. The van der Waals surface area contributed by atoms with E-state index >= 15 is 0 Å². The average Bonchev–Trinajstić information content (AvgIpc) is 3.08. The van der Waals surface area contributed by atoms with Crippen LogP contribution in [0.2, 0.25) is 0 Å². The van der Waals surface area contributed by atoms with Gasteiger partial charge in [-0.1, -0.05) is 88.6 Å². The highest BCUT2D eigenvalue weighted by Crippen LogP contribution is 2.13. The number of nitrogens with zero attached hydrogens (tertiary/aromatic N) is 2. The summed E-state index contributed by atoms with van der Waals surface area (Å²) < 4.78 is 4.43. The van der Waals surface area contributed by atoms with Gasteiger partial charge in [0.05, 0.1) is 5.92 Å². The number of carboxylic acids is 1. The minimum atomic E-state index is -0.734. The lowest BCUT2D eigenvalue weighted by Gasteiger charge is -2.08. The largest absolute Gasteiger partial charge is 0.481 e. The Morgan fingerprint density at radius 2 is 1.62 bits per heavy atom. The summed E-state index contributed by atoms with van der Waals surface area (Å²) in [6.07, 6.45) is 17.0. The molecule has 0 radical (unpaired) electrons. The summed E-state index contributed by atoms with van der Waals surface area (Å²) in [6.45, 7) is 5.41. The van der Waals surface area contributed by atoms with Crippen LogP contribution in [-0.4, -0.2) is 15.6 Å². The molecular formula is C25H39N2O2+. The predicted octanol–water partition coefficient (Wildman–Crippen LogP) is 5.62. The number of benzene rings is 1. The average molecular weight is 400 g/mol. The number of aromatic nitrogens is 2. The molecule has 4 heteroatoms. The first kappa shape index (κ1) is 23.2. The highest BCUT2D eigenvalue weighted by molar-refractivity contribution is 5.69. The maximum Gasteiger partial charge on any atom is 0.310 e. The molecule has 0 fully saturated rings. The quantitative estimate of drug-likeness (QED) is 0.312. The van der Waals surface area contributed by atoms with E-state index in [-0.39, 0.29) is 5.92 Å². The van der Waals surface area contributed by atoms with Crippen LogP contribution in [0.15, 0.2) is 42.7 Å². The van der Waals surface area contributed by atoms with E-state index in [0.717, 1.165) is 19.4 Å². The number of rotatable bonds is 15. The van der Waals surface area contributed by atoms with Gasteiger partial charge in [0.15, 0.2) is 0 Å². The summed E-state index contributed by atoms with van der Waals surface area (Å²) in [5.41, 5.74) is 1.27. The summed E-state index contributed by atoms with van der Waals surface area (Å²) in [7, 11) is 0. The second-order valence-electron chi connectivity index (χ2n) is 8.30. The fourth-order valence-electron chi connectivity index (χ4n) is 3.84. The number of carbonyl (C=O) groups is 1. The zero-order valence-corrected chi connectivity index (χ0v) is 18.4. The molecule has 0 spiro atoms. The molecule has 0 aliphatic rings. The molecule has 0 aliphatic carbocycles. The minimum Gasteiger partial charge on any atom is -0.481 e. The Bertz CT molecular complexity index is 709. The molecule has 160 valence electrons. The van der Waals surface area contributed by atoms with Crippen molar-refractivity contribution in [2.45, 2.75) is 91.1 Å². The highest BCUT2D eigenvalue weighted by atomic mass is 16.4. The van der Waals surface area contributed by atoms with Gasteiger partial charge in [-0.05, 0) is 18.9 Å². The molecule has 1 aromatic heterocycles. The van der Waals surface area contributed by atoms with Gasteiger partial charge in [-0.15, -0.1) is 0 Å². The van der Waals surface area contributed by atoms with Gasteiger partial charge in [0.2, 0.25) is 0 Å². The lowest BCUT2D eigenvalue weighted by atomic mass is 10.1. The molecule has 0 saturated heterocycles. The van der Waals surface area contributed by atoms with Crippen molar-refractivity contribution in [1.29, 1.82) is 0 Å². The number of carboxylic acid groups (broad SMARTS) is 1. The van der Waals surface area contributed by atoms with Crippen molar-refractivity contribution in [2.75, 3.05) is 0 Å². The van der Waals surface area contributed by atoms with Gasteiger partial charge in [-0.2, -0.15) is 0 Å². The Kier molecular flexibility index (Phi) is 10.5. The number of imidazole rings is 1. The molecule has 0 bridgehead atoms. The topological polar surface area (TPSA) is 46.1 Å². The third-order valence-corrected chi connectivity index (χ3v) is 5.68. The second kappa shape index (κ2) is 13.2. The van der Waals surface area contributed by atoms with Crippen LogP contribution in [-0.2, 0) is 24.3 Å². The third kappa shape index (κ3) is 8.43. The zero-order chi connectivity index (χ0) is 20.9. The maximum absolute atomic E-state index is 11.3. The Labute approximate surface area is 176 Å². The number of hydrogen-bond acceptors (Lipinski definition) is 1. The fourth-order valence-corrected chi connectivity index (χ4v) is 3.84. The van der Waals surface area contributed by atoms with E-state index in [1.807, 2.05) is 12.3 Å². The van der Waals surface area contributed by atoms with E-state index in [1.54, 1.807) is 6.92 Å². The van der Waals surface area contributed by atoms with Crippen molar-refractivity contribution < 1.29 is 14.5 Å². The van der Waals surface area contributed by atoms with Crippen molar-refractivity contribution in [1.82, 2.24) is 4.57 Å².